The van der Waals surface area contributed by atoms with Crippen LogP contribution in [0.1, 0.15) is 41.0 Å². The predicted molar refractivity (Wildman–Crippen MR) is 135 cm³/mol. The molecule has 0 aliphatic carbocycles. The Morgan fingerprint density at radius 1 is 0.882 bits per heavy atom. The highest BCUT2D eigenvalue weighted by atomic mass is 32.2. The Morgan fingerprint density at radius 3 is 2.21 bits per heavy atom. The summed E-state index contributed by atoms with van der Waals surface area (Å²) < 4.78 is 39.9. The van der Waals surface area contributed by atoms with Crippen molar-refractivity contribution >= 4 is 10.0 Å². The van der Waals surface area contributed by atoms with Gasteiger partial charge in [-0.2, -0.15) is 4.31 Å². The van der Waals surface area contributed by atoms with Crippen LogP contribution in [0.2, 0.25) is 0 Å². The largest absolute Gasteiger partial charge is 0.299 e. The van der Waals surface area contributed by atoms with Crippen LogP contribution >= 0.6 is 0 Å². The molecule has 0 atom stereocenters. The fraction of sp³-hybridized carbons (Fsp3) is 0.357. The highest BCUT2D eigenvalue weighted by Gasteiger charge is 2.24. The van der Waals surface area contributed by atoms with Crippen LogP contribution in [0.5, 0.6) is 0 Å². The molecule has 4 rings (SSSR count). The normalized spacial score (nSPS) is 15.6. The number of halogens is 1. The third-order valence-electron chi connectivity index (χ3n) is 6.71. The first-order chi connectivity index (χ1) is 16.4. The van der Waals surface area contributed by atoms with Gasteiger partial charge in [-0.25, -0.2) is 12.8 Å². The molecular formula is C28H33FN2O2S. The first-order valence-electron chi connectivity index (χ1n) is 11.9. The van der Waals surface area contributed by atoms with Crippen molar-refractivity contribution in [2.24, 2.45) is 0 Å². The summed E-state index contributed by atoms with van der Waals surface area (Å²) in [5, 5.41) is 0. The molecule has 1 aliphatic heterocycles. The zero-order valence-corrected chi connectivity index (χ0v) is 20.6. The second-order valence-corrected chi connectivity index (χ2v) is 11.2. The Labute approximate surface area is 203 Å². The van der Waals surface area contributed by atoms with Gasteiger partial charge < -0.3 is 0 Å². The molecule has 34 heavy (non-hydrogen) atoms. The van der Waals surface area contributed by atoms with Crippen molar-refractivity contribution in [2.75, 3.05) is 25.9 Å². The van der Waals surface area contributed by atoms with Crippen molar-refractivity contribution in [3.63, 3.8) is 0 Å². The smallest absolute Gasteiger partial charge is 0.211 e. The lowest BCUT2D eigenvalue weighted by molar-refractivity contribution is 0.204. The molecule has 0 amide bonds. The van der Waals surface area contributed by atoms with E-state index < -0.39 is 10.0 Å². The fourth-order valence-electron chi connectivity index (χ4n) is 4.78. The summed E-state index contributed by atoms with van der Waals surface area (Å²) in [4.78, 5) is 2.41. The van der Waals surface area contributed by atoms with E-state index in [9.17, 15) is 12.8 Å². The lowest BCUT2D eigenvalue weighted by Crippen LogP contribution is -2.34. The Hall–Kier alpha value is -2.54. The molecule has 1 aliphatic rings. The van der Waals surface area contributed by atoms with Crippen molar-refractivity contribution in [3.05, 3.63) is 107 Å². The summed E-state index contributed by atoms with van der Waals surface area (Å²) in [6.45, 7) is 3.64. The van der Waals surface area contributed by atoms with E-state index in [0.29, 0.717) is 25.4 Å². The summed E-state index contributed by atoms with van der Waals surface area (Å²) in [5.74, 6) is 0.210. The SMILES string of the molecule is CS(=O)(=O)N(CCc1ccccc1)Cc1ccccc1C1CCN(Cc2ccc(F)cc2)CC1. The van der Waals surface area contributed by atoms with Gasteiger partial charge in [0, 0.05) is 19.6 Å². The second kappa shape index (κ2) is 11.3. The van der Waals surface area contributed by atoms with Crippen molar-refractivity contribution in [2.45, 2.75) is 38.3 Å². The Morgan fingerprint density at radius 2 is 1.53 bits per heavy atom. The minimum absolute atomic E-state index is 0.203. The van der Waals surface area contributed by atoms with Gasteiger partial charge in [0.25, 0.3) is 0 Å². The minimum Gasteiger partial charge on any atom is -0.299 e. The first kappa shape index (κ1) is 24.6. The molecule has 1 saturated heterocycles. The van der Waals surface area contributed by atoms with Gasteiger partial charge in [0.2, 0.25) is 10.0 Å². The molecule has 6 heteroatoms. The van der Waals surface area contributed by atoms with E-state index in [1.165, 1.54) is 24.0 Å². The van der Waals surface area contributed by atoms with Crippen LogP contribution in [0, 0.1) is 5.82 Å². The molecule has 1 fully saturated rings. The fourth-order valence-corrected chi connectivity index (χ4v) is 5.57. The molecule has 0 spiro atoms. The molecule has 180 valence electrons. The number of hydrogen-bond acceptors (Lipinski definition) is 3. The number of piperidine rings is 1. The van der Waals surface area contributed by atoms with Gasteiger partial charge in [-0.05, 0) is 72.7 Å². The van der Waals surface area contributed by atoms with Crippen LogP contribution in [-0.4, -0.2) is 43.5 Å². The standard InChI is InChI=1S/C28H33FN2O2S/c1-34(32,33)31(20-15-23-7-3-2-4-8-23)22-26-9-5-6-10-28(26)25-16-18-30(19-17-25)21-24-11-13-27(29)14-12-24/h2-14,25H,15-22H2,1H3. The molecule has 1 heterocycles. The van der Waals surface area contributed by atoms with E-state index in [0.717, 1.165) is 49.2 Å². The zero-order chi connectivity index (χ0) is 24.0. The number of benzene rings is 3. The van der Waals surface area contributed by atoms with Gasteiger partial charge in [-0.1, -0.05) is 66.7 Å². The molecule has 3 aromatic rings. The number of hydrogen-bond donors (Lipinski definition) is 0. The van der Waals surface area contributed by atoms with E-state index in [1.54, 1.807) is 4.31 Å². The maximum Gasteiger partial charge on any atom is 0.211 e. The van der Waals surface area contributed by atoms with Crippen molar-refractivity contribution in [1.29, 1.82) is 0 Å². The van der Waals surface area contributed by atoms with Crippen LogP contribution < -0.4 is 0 Å². The van der Waals surface area contributed by atoms with E-state index in [2.05, 4.69) is 23.1 Å². The molecular weight excluding hydrogens is 447 g/mol. The Kier molecular flexibility index (Phi) is 8.14. The highest BCUT2D eigenvalue weighted by Crippen LogP contribution is 2.32. The maximum absolute atomic E-state index is 13.2. The van der Waals surface area contributed by atoms with Gasteiger partial charge in [0.1, 0.15) is 5.82 Å². The van der Waals surface area contributed by atoms with E-state index in [4.69, 9.17) is 0 Å². The van der Waals surface area contributed by atoms with Crippen molar-refractivity contribution in [3.8, 4) is 0 Å². The monoisotopic (exact) mass is 480 g/mol. The van der Waals surface area contributed by atoms with Gasteiger partial charge in [-0.15, -0.1) is 0 Å². The summed E-state index contributed by atoms with van der Waals surface area (Å²) in [6.07, 6.45) is 4.05. The number of rotatable bonds is 9. The third kappa shape index (κ3) is 6.75. The number of nitrogens with zero attached hydrogens (tertiary/aromatic N) is 2. The molecule has 0 radical (unpaired) electrons. The highest BCUT2D eigenvalue weighted by molar-refractivity contribution is 7.88. The summed E-state index contributed by atoms with van der Waals surface area (Å²) in [7, 11) is -3.33. The van der Waals surface area contributed by atoms with Crippen LogP contribution in [0.25, 0.3) is 0 Å². The topological polar surface area (TPSA) is 40.6 Å². The Bertz CT molecular complexity index is 1160. The van der Waals surface area contributed by atoms with Crippen molar-refractivity contribution in [1.82, 2.24) is 9.21 Å². The molecule has 0 saturated carbocycles. The van der Waals surface area contributed by atoms with Crippen LogP contribution in [0.15, 0.2) is 78.9 Å². The Balaban J connectivity index is 1.41. The average molecular weight is 481 g/mol. The van der Waals surface area contributed by atoms with Crippen LogP contribution in [-0.2, 0) is 29.5 Å². The molecule has 0 unspecified atom stereocenters. The van der Waals surface area contributed by atoms with Gasteiger partial charge in [0.05, 0.1) is 6.26 Å². The summed E-state index contributed by atoms with van der Waals surface area (Å²) in [5.41, 5.74) is 4.62. The third-order valence-corrected chi connectivity index (χ3v) is 7.96. The predicted octanol–water partition coefficient (Wildman–Crippen LogP) is 5.21. The van der Waals surface area contributed by atoms with E-state index >= 15 is 0 Å². The van der Waals surface area contributed by atoms with Gasteiger partial charge in [-0.3, -0.25) is 4.90 Å². The molecule has 4 nitrogen and oxygen atoms in total. The summed E-state index contributed by atoms with van der Waals surface area (Å²) >= 11 is 0. The van der Waals surface area contributed by atoms with E-state index in [1.807, 2.05) is 48.5 Å². The van der Waals surface area contributed by atoms with Crippen LogP contribution in [0.3, 0.4) is 0 Å². The summed E-state index contributed by atoms with van der Waals surface area (Å²) in [6, 6.07) is 25.0. The molecule has 0 bridgehead atoms. The lowest BCUT2D eigenvalue weighted by atomic mass is 9.86. The molecule has 3 aromatic carbocycles. The molecule has 0 N–H and O–H groups in total. The van der Waals surface area contributed by atoms with Gasteiger partial charge >= 0.3 is 0 Å². The molecule has 0 aromatic heterocycles. The van der Waals surface area contributed by atoms with E-state index in [-0.39, 0.29) is 5.82 Å². The average Bonchev–Trinajstić information content (AvgIpc) is 2.84. The second-order valence-electron chi connectivity index (χ2n) is 9.21. The maximum atomic E-state index is 13.2. The zero-order valence-electron chi connectivity index (χ0n) is 19.7. The van der Waals surface area contributed by atoms with Crippen molar-refractivity contribution < 1.29 is 12.8 Å². The van der Waals surface area contributed by atoms with Crippen LogP contribution in [0.4, 0.5) is 4.39 Å². The lowest BCUT2D eigenvalue weighted by Gasteiger charge is -2.33. The first-order valence-corrected chi connectivity index (χ1v) is 13.8. The van der Waals surface area contributed by atoms with Gasteiger partial charge in [0.15, 0.2) is 0 Å². The number of sulfonamides is 1. The quantitative estimate of drug-likeness (QED) is 0.422. The minimum atomic E-state index is -3.33. The number of likely N-dealkylation sites (tertiary alicyclic amines) is 1.